The zero-order valence-electron chi connectivity index (χ0n) is 9.63. The van der Waals surface area contributed by atoms with Crippen LogP contribution in [-0.2, 0) is 0 Å². The van der Waals surface area contributed by atoms with Crippen LogP contribution in [0.15, 0.2) is 24.3 Å². The number of hydrogen-bond acceptors (Lipinski definition) is 4. The average Bonchev–Trinajstić information content (AvgIpc) is 2.29. The van der Waals surface area contributed by atoms with E-state index in [0.29, 0.717) is 5.75 Å². The van der Waals surface area contributed by atoms with E-state index in [2.05, 4.69) is 6.07 Å². The molecule has 2 unspecified atom stereocenters. The van der Waals surface area contributed by atoms with Gasteiger partial charge in [-0.2, -0.15) is 0 Å². The van der Waals surface area contributed by atoms with Gasteiger partial charge in [0, 0.05) is 0 Å². The Morgan fingerprint density at radius 1 is 1.25 bits per heavy atom. The molecule has 0 saturated carbocycles. The molecule has 0 spiro atoms. The van der Waals surface area contributed by atoms with Gasteiger partial charge < -0.3 is 19.8 Å². The molecule has 1 aromatic rings. The Kier molecular flexibility index (Phi) is 5.25. The molecule has 0 aliphatic heterocycles. The van der Waals surface area contributed by atoms with Crippen LogP contribution in [0.5, 0.6) is 5.75 Å². The van der Waals surface area contributed by atoms with Crippen LogP contribution in [0.4, 0.5) is 0 Å². The van der Waals surface area contributed by atoms with Crippen molar-refractivity contribution in [2.24, 2.45) is 0 Å². The molecule has 1 aromatic carbocycles. The summed E-state index contributed by atoms with van der Waals surface area (Å²) in [4.78, 5) is 1.83. The molecule has 4 heteroatoms. The minimum Gasteiger partial charge on any atom is -0.486 e. The molecular weight excluding hydrogens is 206 g/mol. The lowest BCUT2D eigenvalue weighted by molar-refractivity contribution is 0.0201. The van der Waals surface area contributed by atoms with Crippen molar-refractivity contribution in [1.29, 1.82) is 0 Å². The van der Waals surface area contributed by atoms with Gasteiger partial charge in [0.1, 0.15) is 11.9 Å². The second-order valence-corrected chi connectivity index (χ2v) is 3.79. The molecule has 0 fully saturated rings. The fourth-order valence-corrected chi connectivity index (χ4v) is 1.48. The predicted octanol–water partition coefficient (Wildman–Crippen LogP) is 0.149. The lowest BCUT2D eigenvalue weighted by atomic mass is 10.1. The van der Waals surface area contributed by atoms with Gasteiger partial charge >= 0.3 is 0 Å². The number of hydrogen-bond donors (Lipinski definition) is 2. The van der Waals surface area contributed by atoms with Crippen molar-refractivity contribution in [3.63, 3.8) is 0 Å². The van der Waals surface area contributed by atoms with Crippen LogP contribution in [0.1, 0.15) is 0 Å². The molecule has 1 radical (unpaired) electrons. The highest BCUT2D eigenvalue weighted by Crippen LogP contribution is 2.13. The van der Waals surface area contributed by atoms with Gasteiger partial charge in [-0.15, -0.1) is 0 Å². The highest BCUT2D eigenvalue weighted by Gasteiger charge is 2.23. The van der Waals surface area contributed by atoms with Gasteiger partial charge in [0.05, 0.1) is 19.3 Å². The molecular formula is C12H18NO3. The fourth-order valence-electron chi connectivity index (χ4n) is 1.48. The molecule has 16 heavy (non-hydrogen) atoms. The summed E-state index contributed by atoms with van der Waals surface area (Å²) in [6.07, 6.45) is -0.442. The summed E-state index contributed by atoms with van der Waals surface area (Å²) in [5.41, 5.74) is 0. The molecule has 0 saturated heterocycles. The van der Waals surface area contributed by atoms with Gasteiger partial charge in [0.2, 0.25) is 0 Å². The summed E-state index contributed by atoms with van der Waals surface area (Å²) in [6.45, 7) is -0.195. The minimum absolute atomic E-state index is 0.0583. The van der Waals surface area contributed by atoms with Crippen LogP contribution >= 0.6 is 0 Å². The molecule has 1 rings (SSSR count). The molecule has 0 heterocycles. The molecule has 0 aromatic heterocycles. The zero-order chi connectivity index (χ0) is 12.0. The Labute approximate surface area is 96.1 Å². The number of rotatable bonds is 6. The number of nitrogens with zero attached hydrogens (tertiary/aromatic N) is 1. The molecule has 4 nitrogen and oxygen atoms in total. The topological polar surface area (TPSA) is 52.9 Å². The number of aliphatic hydroxyl groups is 2. The SMILES string of the molecule is CN(C)C(CO)C(CO)Oc1cc[c]cc1. The van der Waals surface area contributed by atoms with Crippen LogP contribution < -0.4 is 4.74 Å². The number of ether oxygens (including phenoxy) is 1. The van der Waals surface area contributed by atoms with E-state index < -0.39 is 6.10 Å². The van der Waals surface area contributed by atoms with E-state index in [-0.39, 0.29) is 19.3 Å². The van der Waals surface area contributed by atoms with Crippen LogP contribution in [0.25, 0.3) is 0 Å². The maximum Gasteiger partial charge on any atom is 0.139 e. The van der Waals surface area contributed by atoms with Gasteiger partial charge in [-0.25, -0.2) is 0 Å². The molecule has 0 amide bonds. The summed E-state index contributed by atoms with van der Waals surface area (Å²) in [5, 5.41) is 18.5. The standard InChI is InChI=1S/C12H18NO3/c1-13(2)11(8-14)12(9-15)16-10-6-4-3-5-7-10/h4-7,11-12,14-15H,8-9H2,1-2H3. The van der Waals surface area contributed by atoms with E-state index in [0.717, 1.165) is 0 Å². The zero-order valence-corrected chi connectivity index (χ0v) is 9.63. The van der Waals surface area contributed by atoms with Gasteiger partial charge in [-0.05, 0) is 32.3 Å². The second kappa shape index (κ2) is 6.48. The summed E-state index contributed by atoms with van der Waals surface area (Å²) < 4.78 is 5.61. The van der Waals surface area contributed by atoms with E-state index in [9.17, 15) is 10.2 Å². The first kappa shape index (κ1) is 13.0. The molecule has 2 atom stereocenters. The first-order valence-electron chi connectivity index (χ1n) is 5.20. The highest BCUT2D eigenvalue weighted by atomic mass is 16.5. The van der Waals surface area contributed by atoms with Crippen molar-refractivity contribution in [3.8, 4) is 5.75 Å². The highest BCUT2D eigenvalue weighted by molar-refractivity contribution is 5.20. The van der Waals surface area contributed by atoms with Gasteiger partial charge in [-0.1, -0.05) is 12.1 Å². The largest absolute Gasteiger partial charge is 0.486 e. The van der Waals surface area contributed by atoms with Gasteiger partial charge in [0.25, 0.3) is 0 Å². The number of likely N-dealkylation sites (N-methyl/N-ethyl adjacent to an activating group) is 1. The van der Waals surface area contributed by atoms with Gasteiger partial charge in [-0.3, -0.25) is 0 Å². The Morgan fingerprint density at radius 3 is 2.31 bits per heavy atom. The Bertz CT molecular complexity index is 290. The van der Waals surface area contributed by atoms with Crippen LogP contribution in [-0.4, -0.2) is 54.6 Å². The van der Waals surface area contributed by atoms with Crippen molar-refractivity contribution in [2.45, 2.75) is 12.1 Å². The van der Waals surface area contributed by atoms with Crippen LogP contribution in [0.2, 0.25) is 0 Å². The quantitative estimate of drug-likeness (QED) is 0.722. The first-order chi connectivity index (χ1) is 7.69. The molecule has 89 valence electrons. The lowest BCUT2D eigenvalue weighted by Gasteiger charge is -2.29. The number of benzene rings is 1. The van der Waals surface area contributed by atoms with E-state index in [1.165, 1.54) is 0 Å². The van der Waals surface area contributed by atoms with Crippen molar-refractivity contribution in [3.05, 3.63) is 30.3 Å². The van der Waals surface area contributed by atoms with Crippen molar-refractivity contribution in [1.82, 2.24) is 4.90 Å². The smallest absolute Gasteiger partial charge is 0.139 e. The van der Waals surface area contributed by atoms with Crippen LogP contribution in [0.3, 0.4) is 0 Å². The maximum absolute atomic E-state index is 9.27. The number of aliphatic hydroxyl groups excluding tert-OH is 2. The van der Waals surface area contributed by atoms with E-state index >= 15 is 0 Å². The van der Waals surface area contributed by atoms with E-state index in [1.54, 1.807) is 24.3 Å². The van der Waals surface area contributed by atoms with Gasteiger partial charge in [0.15, 0.2) is 0 Å². The summed E-state index contributed by atoms with van der Waals surface area (Å²) in [7, 11) is 3.68. The van der Waals surface area contributed by atoms with Crippen molar-refractivity contribution < 1.29 is 14.9 Å². The second-order valence-electron chi connectivity index (χ2n) is 3.79. The molecule has 0 aliphatic rings. The first-order valence-corrected chi connectivity index (χ1v) is 5.20. The van der Waals surface area contributed by atoms with E-state index in [4.69, 9.17) is 4.74 Å². The lowest BCUT2D eigenvalue weighted by Crippen LogP contribution is -2.46. The van der Waals surface area contributed by atoms with Crippen LogP contribution in [0, 0.1) is 6.07 Å². The molecule has 2 N–H and O–H groups in total. The van der Waals surface area contributed by atoms with Crippen molar-refractivity contribution in [2.75, 3.05) is 27.3 Å². The third-order valence-electron chi connectivity index (χ3n) is 2.43. The third-order valence-corrected chi connectivity index (χ3v) is 2.43. The van der Waals surface area contributed by atoms with Crippen molar-refractivity contribution >= 4 is 0 Å². The van der Waals surface area contributed by atoms with E-state index in [1.807, 2.05) is 19.0 Å². The summed E-state index contributed by atoms with van der Waals surface area (Å²) >= 11 is 0. The Morgan fingerprint density at radius 2 is 1.88 bits per heavy atom. The summed E-state index contributed by atoms with van der Waals surface area (Å²) in [5.74, 6) is 0.665. The third kappa shape index (κ3) is 3.48. The monoisotopic (exact) mass is 224 g/mol. The molecule has 0 bridgehead atoms. The molecule has 0 aliphatic carbocycles. The Balaban J connectivity index is 2.68. The minimum atomic E-state index is -0.442. The maximum atomic E-state index is 9.27. The summed E-state index contributed by atoms with van der Waals surface area (Å²) in [6, 6.07) is 9.69. The average molecular weight is 224 g/mol. The fraction of sp³-hybridized carbons (Fsp3) is 0.500. The normalized spacial score (nSPS) is 14.8. The Hall–Kier alpha value is -1.10. The predicted molar refractivity (Wildman–Crippen MR) is 61.3 cm³/mol.